The molecule has 90 valence electrons. The summed E-state index contributed by atoms with van der Waals surface area (Å²) in [6.07, 6.45) is 3.40. The number of halogens is 1. The Balaban J connectivity index is 2.06. The molecule has 0 radical (unpaired) electrons. The molecule has 1 N–H and O–H groups in total. The molecule has 2 rings (SSSR count). The molecule has 0 unspecified atom stereocenters. The van der Waals surface area contributed by atoms with Gasteiger partial charge in [0.05, 0.1) is 10.7 Å². The average molecular weight is 267 g/mol. The molecule has 4 heteroatoms. The third-order valence-corrected chi connectivity index (χ3v) is 4.22. The number of aromatic nitrogens is 1. The fraction of sp³-hybridized carbons (Fsp3) is 0.308. The van der Waals surface area contributed by atoms with E-state index in [1.165, 1.54) is 4.88 Å². The molecule has 0 saturated heterocycles. The first-order valence-corrected chi connectivity index (χ1v) is 6.73. The second-order valence-corrected chi connectivity index (χ2v) is 5.93. The van der Waals surface area contributed by atoms with Gasteiger partial charge in [0.2, 0.25) is 0 Å². The van der Waals surface area contributed by atoms with Crippen molar-refractivity contribution in [3.8, 4) is 0 Å². The number of hydrogen-bond acceptors (Lipinski definition) is 3. The van der Waals surface area contributed by atoms with Gasteiger partial charge in [-0.2, -0.15) is 0 Å². The Kier molecular flexibility index (Phi) is 3.69. The number of rotatable bonds is 4. The summed E-state index contributed by atoms with van der Waals surface area (Å²) in [4.78, 5) is 5.34. The highest BCUT2D eigenvalue weighted by molar-refractivity contribution is 7.10. The van der Waals surface area contributed by atoms with E-state index in [-0.39, 0.29) is 5.41 Å². The Morgan fingerprint density at radius 3 is 2.88 bits per heavy atom. The number of nitrogens with one attached hydrogen (secondary N) is 1. The van der Waals surface area contributed by atoms with E-state index in [0.717, 1.165) is 12.2 Å². The smallest absolute Gasteiger partial charge is 0.0820 e. The van der Waals surface area contributed by atoms with Gasteiger partial charge in [0, 0.05) is 29.2 Å². The third kappa shape index (κ3) is 2.99. The van der Waals surface area contributed by atoms with Crippen LogP contribution in [-0.4, -0.2) is 11.5 Å². The number of nitrogens with zero attached hydrogens (tertiary/aromatic N) is 1. The van der Waals surface area contributed by atoms with Crippen molar-refractivity contribution in [3.63, 3.8) is 0 Å². The van der Waals surface area contributed by atoms with Gasteiger partial charge in [-0.05, 0) is 17.5 Å². The quantitative estimate of drug-likeness (QED) is 0.898. The molecule has 0 saturated carbocycles. The number of pyridine rings is 1. The van der Waals surface area contributed by atoms with Gasteiger partial charge in [0.25, 0.3) is 0 Å². The second-order valence-electron chi connectivity index (χ2n) is 4.57. The standard InChI is InChI=1S/C13H15ClN2S/c1-13(2,12-4-3-7-17-12)9-16-11-5-6-15-8-10(11)14/h3-8H,9H2,1-2H3,(H,15,16). The summed E-state index contributed by atoms with van der Waals surface area (Å²) in [5.41, 5.74) is 1.03. The van der Waals surface area contributed by atoms with Crippen molar-refractivity contribution in [2.45, 2.75) is 19.3 Å². The highest BCUT2D eigenvalue weighted by Crippen LogP contribution is 2.28. The molecule has 2 nitrogen and oxygen atoms in total. The third-order valence-electron chi connectivity index (χ3n) is 2.68. The molecular formula is C13H15ClN2S. The predicted octanol–water partition coefficient (Wildman–Crippen LogP) is 4.19. The largest absolute Gasteiger partial charge is 0.383 e. The monoisotopic (exact) mass is 266 g/mol. The molecule has 0 aromatic carbocycles. The highest BCUT2D eigenvalue weighted by Gasteiger charge is 2.21. The molecule has 0 bridgehead atoms. The molecule has 0 atom stereocenters. The minimum atomic E-state index is 0.0980. The van der Waals surface area contributed by atoms with Crippen molar-refractivity contribution in [1.82, 2.24) is 4.98 Å². The maximum atomic E-state index is 6.06. The fourth-order valence-corrected chi connectivity index (χ4v) is 2.62. The molecule has 0 amide bonds. The van der Waals surface area contributed by atoms with Crippen molar-refractivity contribution in [3.05, 3.63) is 45.9 Å². The Morgan fingerprint density at radius 2 is 2.24 bits per heavy atom. The van der Waals surface area contributed by atoms with Crippen LogP contribution in [-0.2, 0) is 5.41 Å². The topological polar surface area (TPSA) is 24.9 Å². The van der Waals surface area contributed by atoms with Gasteiger partial charge in [-0.1, -0.05) is 31.5 Å². The lowest BCUT2D eigenvalue weighted by atomic mass is 9.91. The first-order chi connectivity index (χ1) is 8.09. The van der Waals surface area contributed by atoms with Crippen LogP contribution in [0, 0.1) is 0 Å². The van der Waals surface area contributed by atoms with E-state index >= 15 is 0 Å². The summed E-state index contributed by atoms with van der Waals surface area (Å²) in [6.45, 7) is 5.29. The zero-order valence-electron chi connectivity index (χ0n) is 9.90. The number of anilines is 1. The summed E-state index contributed by atoms with van der Waals surface area (Å²) < 4.78 is 0. The van der Waals surface area contributed by atoms with Crippen LogP contribution in [0.5, 0.6) is 0 Å². The van der Waals surface area contributed by atoms with Crippen LogP contribution in [0.4, 0.5) is 5.69 Å². The van der Waals surface area contributed by atoms with Crippen molar-refractivity contribution in [1.29, 1.82) is 0 Å². The predicted molar refractivity (Wildman–Crippen MR) is 75.1 cm³/mol. The zero-order valence-corrected chi connectivity index (χ0v) is 11.5. The van der Waals surface area contributed by atoms with Crippen LogP contribution in [0.1, 0.15) is 18.7 Å². The molecule has 2 heterocycles. The van der Waals surface area contributed by atoms with Crippen molar-refractivity contribution >= 4 is 28.6 Å². The van der Waals surface area contributed by atoms with Crippen molar-refractivity contribution in [2.75, 3.05) is 11.9 Å². The van der Waals surface area contributed by atoms with Crippen molar-refractivity contribution < 1.29 is 0 Å². The Bertz CT molecular complexity index is 480. The molecule has 0 fully saturated rings. The van der Waals surface area contributed by atoms with Gasteiger partial charge < -0.3 is 5.32 Å². The second kappa shape index (κ2) is 5.07. The highest BCUT2D eigenvalue weighted by atomic mass is 35.5. The van der Waals surface area contributed by atoms with Crippen LogP contribution in [0.2, 0.25) is 5.02 Å². The molecule has 0 spiro atoms. The van der Waals surface area contributed by atoms with Gasteiger partial charge in [-0.25, -0.2) is 0 Å². The number of thiophene rings is 1. The first kappa shape index (κ1) is 12.4. The van der Waals surface area contributed by atoms with E-state index in [1.54, 1.807) is 23.7 Å². The van der Waals surface area contributed by atoms with E-state index in [1.807, 2.05) is 6.07 Å². The Morgan fingerprint density at radius 1 is 1.41 bits per heavy atom. The van der Waals surface area contributed by atoms with E-state index in [0.29, 0.717) is 5.02 Å². The van der Waals surface area contributed by atoms with Gasteiger partial charge in [-0.15, -0.1) is 11.3 Å². The molecule has 0 aliphatic heterocycles. The normalized spacial score (nSPS) is 11.5. The average Bonchev–Trinajstić information content (AvgIpc) is 2.82. The van der Waals surface area contributed by atoms with Gasteiger partial charge in [0.15, 0.2) is 0 Å². The Labute approximate surface area is 111 Å². The molecule has 2 aromatic rings. The molecule has 2 aromatic heterocycles. The fourth-order valence-electron chi connectivity index (χ4n) is 1.59. The summed E-state index contributed by atoms with van der Waals surface area (Å²) >= 11 is 7.84. The van der Waals surface area contributed by atoms with Crippen LogP contribution in [0.3, 0.4) is 0 Å². The Hall–Kier alpha value is -1.06. The molecule has 0 aliphatic rings. The van der Waals surface area contributed by atoms with Crippen LogP contribution >= 0.6 is 22.9 Å². The van der Waals surface area contributed by atoms with Gasteiger partial charge >= 0.3 is 0 Å². The van der Waals surface area contributed by atoms with Crippen molar-refractivity contribution in [2.24, 2.45) is 0 Å². The van der Waals surface area contributed by atoms with E-state index in [4.69, 9.17) is 11.6 Å². The summed E-state index contributed by atoms with van der Waals surface area (Å²) in [5.74, 6) is 0. The minimum absolute atomic E-state index is 0.0980. The lowest BCUT2D eigenvalue weighted by molar-refractivity contribution is 0.569. The van der Waals surface area contributed by atoms with Crippen LogP contribution in [0.15, 0.2) is 36.0 Å². The minimum Gasteiger partial charge on any atom is -0.383 e. The summed E-state index contributed by atoms with van der Waals surface area (Å²) in [7, 11) is 0. The SMILES string of the molecule is CC(C)(CNc1ccncc1Cl)c1cccs1. The van der Waals surface area contributed by atoms with Crippen LogP contribution in [0.25, 0.3) is 0 Å². The molecule has 0 aliphatic carbocycles. The maximum Gasteiger partial charge on any atom is 0.0820 e. The van der Waals surface area contributed by atoms with E-state index in [2.05, 4.69) is 41.7 Å². The van der Waals surface area contributed by atoms with Gasteiger partial charge in [0.1, 0.15) is 0 Å². The van der Waals surface area contributed by atoms with Gasteiger partial charge in [-0.3, -0.25) is 4.98 Å². The zero-order chi connectivity index (χ0) is 12.3. The molecular weight excluding hydrogens is 252 g/mol. The maximum absolute atomic E-state index is 6.06. The molecule has 17 heavy (non-hydrogen) atoms. The first-order valence-electron chi connectivity index (χ1n) is 5.47. The van der Waals surface area contributed by atoms with Crippen LogP contribution < -0.4 is 5.32 Å². The number of hydrogen-bond donors (Lipinski definition) is 1. The van der Waals surface area contributed by atoms with E-state index < -0.39 is 0 Å². The summed E-state index contributed by atoms with van der Waals surface area (Å²) in [6, 6.07) is 6.15. The lowest BCUT2D eigenvalue weighted by Crippen LogP contribution is -2.26. The van der Waals surface area contributed by atoms with E-state index in [9.17, 15) is 0 Å². The summed E-state index contributed by atoms with van der Waals surface area (Å²) in [5, 5.41) is 6.15. The lowest BCUT2D eigenvalue weighted by Gasteiger charge is -2.24.